The average Bonchev–Trinajstić information content (AvgIpc) is 3.41. The highest BCUT2D eigenvalue weighted by Gasteiger charge is 2.56. The fraction of sp³-hybridized carbons (Fsp3) is 0.524. The summed E-state index contributed by atoms with van der Waals surface area (Å²) in [5.41, 5.74) is 0.358. The number of aromatic nitrogens is 3. The van der Waals surface area contributed by atoms with Crippen molar-refractivity contribution in [3.63, 3.8) is 0 Å². The maximum Gasteiger partial charge on any atom is 0.247 e. The van der Waals surface area contributed by atoms with Crippen molar-refractivity contribution in [2.24, 2.45) is 18.4 Å². The lowest BCUT2D eigenvalue weighted by Gasteiger charge is -2.22. The lowest BCUT2D eigenvalue weighted by molar-refractivity contribution is -0.123. The second-order valence-corrected chi connectivity index (χ2v) is 8.34. The Hall–Kier alpha value is -2.92. The SMILES string of the molecule is COC(C)(C)c1cc(Nc2cc(N3CC[C@@](C#N)(C4CC4)C3=O)ccn2)nn1C. The van der Waals surface area contributed by atoms with Gasteiger partial charge in [-0.05, 0) is 45.1 Å². The molecule has 0 unspecified atom stereocenters. The van der Waals surface area contributed by atoms with Crippen LogP contribution in [0.25, 0.3) is 0 Å². The number of nitrogens with zero attached hydrogens (tertiary/aromatic N) is 5. The Bertz CT molecular complexity index is 987. The van der Waals surface area contributed by atoms with Gasteiger partial charge in [-0.25, -0.2) is 4.98 Å². The van der Waals surface area contributed by atoms with E-state index in [2.05, 4.69) is 21.5 Å². The normalized spacial score (nSPS) is 22.0. The van der Waals surface area contributed by atoms with Crippen LogP contribution in [0.2, 0.25) is 0 Å². The van der Waals surface area contributed by atoms with Crippen LogP contribution in [0.15, 0.2) is 24.4 Å². The zero-order chi connectivity index (χ0) is 20.8. The van der Waals surface area contributed by atoms with E-state index in [4.69, 9.17) is 4.74 Å². The molecule has 2 aliphatic rings. The molecule has 152 valence electrons. The molecule has 1 N–H and O–H groups in total. The molecule has 2 aromatic heterocycles. The molecule has 1 aliphatic heterocycles. The maximum atomic E-state index is 13.0. The van der Waals surface area contributed by atoms with Gasteiger partial charge in [0, 0.05) is 44.7 Å². The molecule has 0 aromatic carbocycles. The lowest BCUT2D eigenvalue weighted by Crippen LogP contribution is -2.35. The van der Waals surface area contributed by atoms with Crippen molar-refractivity contribution in [1.82, 2.24) is 14.8 Å². The topological polar surface area (TPSA) is 96.1 Å². The summed E-state index contributed by atoms with van der Waals surface area (Å²) in [7, 11) is 3.54. The summed E-state index contributed by atoms with van der Waals surface area (Å²) in [6, 6.07) is 7.88. The highest BCUT2D eigenvalue weighted by Crippen LogP contribution is 2.51. The van der Waals surface area contributed by atoms with E-state index in [0.29, 0.717) is 24.6 Å². The van der Waals surface area contributed by atoms with E-state index in [1.54, 1.807) is 29.0 Å². The van der Waals surface area contributed by atoms with Crippen molar-refractivity contribution in [2.75, 3.05) is 23.9 Å². The Kier molecular flexibility index (Phi) is 4.58. The molecule has 3 heterocycles. The molecular formula is C21H26N6O2. The zero-order valence-corrected chi connectivity index (χ0v) is 17.3. The number of amides is 1. The van der Waals surface area contributed by atoms with Crippen molar-refractivity contribution in [3.8, 4) is 6.07 Å². The number of rotatable bonds is 6. The average molecular weight is 394 g/mol. The number of carbonyl (C=O) groups is 1. The van der Waals surface area contributed by atoms with E-state index in [1.807, 2.05) is 33.0 Å². The fourth-order valence-corrected chi connectivity index (χ4v) is 4.12. The third kappa shape index (κ3) is 3.25. The Morgan fingerprint density at radius 1 is 1.34 bits per heavy atom. The van der Waals surface area contributed by atoms with Crippen molar-refractivity contribution in [1.29, 1.82) is 5.26 Å². The van der Waals surface area contributed by atoms with E-state index < -0.39 is 11.0 Å². The lowest BCUT2D eigenvalue weighted by atomic mass is 9.83. The number of pyridine rings is 1. The number of nitrogens with one attached hydrogen (secondary N) is 1. The minimum atomic E-state index is -0.849. The summed E-state index contributed by atoms with van der Waals surface area (Å²) in [4.78, 5) is 19.1. The van der Waals surface area contributed by atoms with Crippen molar-refractivity contribution >= 4 is 23.2 Å². The molecular weight excluding hydrogens is 368 g/mol. The molecule has 1 aliphatic carbocycles. The molecule has 0 bridgehead atoms. The van der Waals surface area contributed by atoms with Gasteiger partial charge in [0.15, 0.2) is 5.82 Å². The fourth-order valence-electron chi connectivity index (χ4n) is 4.12. The van der Waals surface area contributed by atoms with Gasteiger partial charge in [0.25, 0.3) is 0 Å². The predicted molar refractivity (Wildman–Crippen MR) is 109 cm³/mol. The number of nitriles is 1. The smallest absolute Gasteiger partial charge is 0.247 e. The minimum absolute atomic E-state index is 0.0818. The third-order valence-corrected chi connectivity index (χ3v) is 6.15. The Morgan fingerprint density at radius 2 is 2.10 bits per heavy atom. The molecule has 2 fully saturated rings. The molecule has 1 atom stereocenters. The van der Waals surface area contributed by atoms with Crippen LogP contribution in [-0.2, 0) is 22.2 Å². The van der Waals surface area contributed by atoms with Crippen molar-refractivity contribution in [3.05, 3.63) is 30.1 Å². The van der Waals surface area contributed by atoms with E-state index in [9.17, 15) is 10.1 Å². The van der Waals surface area contributed by atoms with E-state index >= 15 is 0 Å². The molecule has 1 amide bonds. The molecule has 29 heavy (non-hydrogen) atoms. The second-order valence-electron chi connectivity index (χ2n) is 8.34. The number of aryl methyl sites for hydroxylation is 1. The van der Waals surface area contributed by atoms with Crippen LogP contribution < -0.4 is 10.2 Å². The molecule has 8 nitrogen and oxygen atoms in total. The summed E-state index contributed by atoms with van der Waals surface area (Å²) >= 11 is 0. The van der Waals surface area contributed by atoms with Gasteiger partial charge in [0.05, 0.1) is 11.8 Å². The first kappa shape index (κ1) is 19.4. The predicted octanol–water partition coefficient (Wildman–Crippen LogP) is 3.10. The number of ether oxygens (including phenoxy) is 1. The van der Waals surface area contributed by atoms with Gasteiger partial charge in [0.2, 0.25) is 5.91 Å². The Labute approximate surface area is 170 Å². The maximum absolute atomic E-state index is 13.0. The van der Waals surface area contributed by atoms with Gasteiger partial charge in [-0.2, -0.15) is 10.4 Å². The first-order chi connectivity index (χ1) is 13.8. The second kappa shape index (κ2) is 6.85. The number of carbonyl (C=O) groups excluding carboxylic acids is 1. The molecule has 0 radical (unpaired) electrons. The van der Waals surface area contributed by atoms with Crippen LogP contribution >= 0.6 is 0 Å². The summed E-state index contributed by atoms with van der Waals surface area (Å²) in [6.07, 6.45) is 4.19. The van der Waals surface area contributed by atoms with E-state index in [-0.39, 0.29) is 11.8 Å². The molecule has 0 spiro atoms. The highest BCUT2D eigenvalue weighted by molar-refractivity contribution is 6.02. The van der Waals surface area contributed by atoms with E-state index in [0.717, 1.165) is 24.2 Å². The van der Waals surface area contributed by atoms with Gasteiger partial charge in [-0.15, -0.1) is 0 Å². The van der Waals surface area contributed by atoms with Crippen LogP contribution in [0.5, 0.6) is 0 Å². The number of hydrogen-bond donors (Lipinski definition) is 1. The van der Waals surface area contributed by atoms with Crippen LogP contribution in [0.1, 0.15) is 38.8 Å². The van der Waals surface area contributed by atoms with Gasteiger partial charge in [0.1, 0.15) is 16.8 Å². The van der Waals surface area contributed by atoms with Crippen molar-refractivity contribution < 1.29 is 9.53 Å². The Morgan fingerprint density at radius 3 is 2.76 bits per heavy atom. The molecule has 2 aromatic rings. The van der Waals surface area contributed by atoms with Gasteiger partial charge in [-0.1, -0.05) is 0 Å². The zero-order valence-electron chi connectivity index (χ0n) is 17.3. The van der Waals surface area contributed by atoms with Gasteiger partial charge < -0.3 is 15.0 Å². The number of methoxy groups -OCH3 is 1. The van der Waals surface area contributed by atoms with Crippen LogP contribution in [0.4, 0.5) is 17.3 Å². The van der Waals surface area contributed by atoms with Crippen LogP contribution in [0.3, 0.4) is 0 Å². The largest absolute Gasteiger partial charge is 0.373 e. The number of anilines is 3. The molecule has 1 saturated carbocycles. The Balaban J connectivity index is 1.56. The summed E-state index contributed by atoms with van der Waals surface area (Å²) < 4.78 is 7.32. The number of hydrogen-bond acceptors (Lipinski definition) is 6. The highest BCUT2D eigenvalue weighted by atomic mass is 16.5. The van der Waals surface area contributed by atoms with Gasteiger partial charge >= 0.3 is 0 Å². The van der Waals surface area contributed by atoms with Gasteiger partial charge in [-0.3, -0.25) is 9.48 Å². The summed E-state index contributed by atoms with van der Waals surface area (Å²) in [5.74, 6) is 1.37. The summed E-state index contributed by atoms with van der Waals surface area (Å²) in [5, 5.41) is 17.4. The minimum Gasteiger partial charge on any atom is -0.373 e. The summed E-state index contributed by atoms with van der Waals surface area (Å²) in [6.45, 7) is 4.52. The standard InChI is InChI=1S/C21H26N6O2/c1-20(2,29-4)16-12-18(25-26(16)3)24-17-11-15(7-9-23-17)27-10-8-21(13-22,19(27)28)14-5-6-14/h7,9,11-12,14H,5-6,8,10H2,1-4H3,(H,23,24,25)/t21-/m1/s1. The third-order valence-electron chi connectivity index (χ3n) is 6.15. The van der Waals surface area contributed by atoms with Crippen molar-refractivity contribution in [2.45, 2.75) is 38.7 Å². The first-order valence-corrected chi connectivity index (χ1v) is 9.87. The molecule has 8 heteroatoms. The molecule has 4 rings (SSSR count). The van der Waals surface area contributed by atoms with Crippen LogP contribution in [-0.4, -0.2) is 34.3 Å². The molecule has 1 saturated heterocycles. The van der Waals surface area contributed by atoms with E-state index in [1.165, 1.54) is 0 Å². The quantitative estimate of drug-likeness (QED) is 0.809. The van der Waals surface area contributed by atoms with Crippen LogP contribution in [0, 0.1) is 22.7 Å². The first-order valence-electron chi connectivity index (χ1n) is 9.87. The monoisotopic (exact) mass is 394 g/mol.